The molecule has 10 nitrogen and oxygen atoms in total. The maximum atomic E-state index is 12.5. The van der Waals surface area contributed by atoms with E-state index in [1.165, 1.54) is 26.4 Å². The summed E-state index contributed by atoms with van der Waals surface area (Å²) in [6.07, 6.45) is 1.02. The van der Waals surface area contributed by atoms with Gasteiger partial charge < -0.3 is 50.7 Å². The largest absolute Gasteiger partial charge is 0.507 e. The third-order valence-corrected chi connectivity index (χ3v) is 11.7. The highest BCUT2D eigenvalue weighted by molar-refractivity contribution is 6.13. The zero-order valence-electron chi connectivity index (χ0n) is 32.8. The number of rotatable bonds is 5. The van der Waals surface area contributed by atoms with Gasteiger partial charge in [-0.1, -0.05) is 12.1 Å². The molecule has 2 aliphatic rings. The van der Waals surface area contributed by atoms with Crippen molar-refractivity contribution in [2.75, 3.05) is 14.2 Å². The van der Waals surface area contributed by atoms with E-state index in [1.54, 1.807) is 12.1 Å². The Morgan fingerprint density at radius 2 is 0.875 bits per heavy atom. The van der Waals surface area contributed by atoms with E-state index >= 15 is 0 Å². The van der Waals surface area contributed by atoms with Crippen LogP contribution < -0.4 is 20.1 Å². The van der Waals surface area contributed by atoms with Gasteiger partial charge in [-0.2, -0.15) is 0 Å². The van der Waals surface area contributed by atoms with Gasteiger partial charge in [0, 0.05) is 69.7 Å². The number of aryl methyl sites for hydroxylation is 2. The average Bonchev–Trinajstić information content (AvgIpc) is 3.11. The number of methoxy groups -OCH3 is 2. The molecule has 0 amide bonds. The maximum Gasteiger partial charge on any atom is 0.135 e. The average molecular weight is 757 g/mol. The summed E-state index contributed by atoms with van der Waals surface area (Å²) in [6, 6.07) is 13.4. The van der Waals surface area contributed by atoms with E-state index in [9.17, 15) is 30.6 Å². The first-order valence-corrected chi connectivity index (χ1v) is 19.0. The van der Waals surface area contributed by atoms with Gasteiger partial charge in [0.25, 0.3) is 0 Å². The molecule has 6 aromatic carbocycles. The third-order valence-electron chi connectivity index (χ3n) is 11.7. The highest BCUT2D eigenvalue weighted by Crippen LogP contribution is 2.56. The molecule has 0 saturated heterocycles. The highest BCUT2D eigenvalue weighted by atomic mass is 16.5. The monoisotopic (exact) mass is 756 g/mol. The van der Waals surface area contributed by atoms with Gasteiger partial charge in [0.15, 0.2) is 0 Å². The Hall–Kier alpha value is -5.84. The smallest absolute Gasteiger partial charge is 0.135 e. The van der Waals surface area contributed by atoms with Crippen LogP contribution in [0.2, 0.25) is 0 Å². The van der Waals surface area contributed by atoms with E-state index in [1.807, 2.05) is 52.0 Å². The van der Waals surface area contributed by atoms with E-state index in [0.29, 0.717) is 79.3 Å². The van der Waals surface area contributed by atoms with Crippen molar-refractivity contribution in [2.24, 2.45) is 0 Å². The summed E-state index contributed by atoms with van der Waals surface area (Å²) in [5.74, 6) is 0.187. The molecule has 8 N–H and O–H groups in total. The highest BCUT2D eigenvalue weighted by Gasteiger charge is 2.33. The van der Waals surface area contributed by atoms with Gasteiger partial charge in [-0.05, 0) is 123 Å². The lowest BCUT2D eigenvalue weighted by molar-refractivity contribution is 0.401. The molecule has 0 radical (unpaired) electrons. The number of nitrogens with one attached hydrogen (secondary N) is 2. The first-order valence-electron chi connectivity index (χ1n) is 19.0. The standard InChI is InChI=1S/C46H48N2O8/c1-19-9-25-27(41-31-13-21(3)47-23(5)39(31)33(49)17-35(41)51)15-29(45(53)43(25)37(11-19)55-7)30-16-28(26-10-20(2)12-38(56-8)44(26)46(30)54)42-32-14-22(4)48-24(6)40(32)34(50)18-36(42)52/h9-12,15-18,21-24,47-54H,13-14H2,1-8H3/t21-,22-,23+,24+/m0/s1. The van der Waals surface area contributed by atoms with Crippen LogP contribution in [0.5, 0.6) is 46.0 Å². The molecule has 0 fully saturated rings. The molecule has 2 aliphatic heterocycles. The fourth-order valence-corrected chi connectivity index (χ4v) is 9.60. The Labute approximate surface area is 325 Å². The van der Waals surface area contributed by atoms with Crippen LogP contribution in [-0.4, -0.2) is 56.9 Å². The molecule has 0 aromatic heterocycles. The van der Waals surface area contributed by atoms with Crippen molar-refractivity contribution in [1.29, 1.82) is 0 Å². The molecule has 0 unspecified atom stereocenters. The molecule has 8 rings (SSSR count). The van der Waals surface area contributed by atoms with Crippen LogP contribution in [0, 0.1) is 13.8 Å². The van der Waals surface area contributed by atoms with E-state index in [2.05, 4.69) is 24.5 Å². The lowest BCUT2D eigenvalue weighted by Gasteiger charge is -2.32. The van der Waals surface area contributed by atoms with E-state index in [0.717, 1.165) is 22.3 Å². The molecule has 0 bridgehead atoms. The van der Waals surface area contributed by atoms with Gasteiger partial charge in [-0.15, -0.1) is 0 Å². The second-order valence-electron chi connectivity index (χ2n) is 15.8. The number of phenols is 6. The Morgan fingerprint density at radius 3 is 1.23 bits per heavy atom. The maximum absolute atomic E-state index is 12.5. The zero-order chi connectivity index (χ0) is 40.1. The molecule has 4 atom stereocenters. The summed E-state index contributed by atoms with van der Waals surface area (Å²) in [5, 5.41) is 79.7. The van der Waals surface area contributed by atoms with Crippen molar-refractivity contribution < 1.29 is 40.1 Å². The Morgan fingerprint density at radius 1 is 0.500 bits per heavy atom. The second kappa shape index (κ2) is 13.4. The summed E-state index contributed by atoms with van der Waals surface area (Å²) in [5.41, 5.74) is 7.27. The van der Waals surface area contributed by atoms with Crippen molar-refractivity contribution in [3.05, 3.63) is 81.9 Å². The van der Waals surface area contributed by atoms with Crippen LogP contribution >= 0.6 is 0 Å². The number of hydrogen-bond acceptors (Lipinski definition) is 10. The number of fused-ring (bicyclic) bond motifs is 4. The number of aromatic hydroxyl groups is 6. The molecular weight excluding hydrogens is 709 g/mol. The Balaban J connectivity index is 1.55. The van der Waals surface area contributed by atoms with Crippen LogP contribution in [0.3, 0.4) is 0 Å². The van der Waals surface area contributed by atoms with Gasteiger partial charge in [0.1, 0.15) is 46.0 Å². The fraction of sp³-hybridized carbons (Fsp3) is 0.304. The summed E-state index contributed by atoms with van der Waals surface area (Å²) < 4.78 is 11.8. The molecule has 0 aliphatic carbocycles. The van der Waals surface area contributed by atoms with Gasteiger partial charge in [0.2, 0.25) is 0 Å². The summed E-state index contributed by atoms with van der Waals surface area (Å²) in [4.78, 5) is 0. The third kappa shape index (κ3) is 5.61. The van der Waals surface area contributed by atoms with Crippen molar-refractivity contribution >= 4 is 21.5 Å². The Kier molecular flexibility index (Phi) is 8.89. The first-order chi connectivity index (χ1) is 26.6. The number of hydrogen-bond donors (Lipinski definition) is 8. The zero-order valence-corrected chi connectivity index (χ0v) is 32.8. The van der Waals surface area contributed by atoms with Crippen LogP contribution in [0.15, 0.2) is 48.5 Å². The molecule has 0 saturated carbocycles. The second-order valence-corrected chi connectivity index (χ2v) is 15.8. The first kappa shape index (κ1) is 37.1. The predicted octanol–water partition coefficient (Wildman–Crippen LogP) is 9.05. The van der Waals surface area contributed by atoms with Gasteiger partial charge in [-0.25, -0.2) is 0 Å². The number of benzene rings is 6. The summed E-state index contributed by atoms with van der Waals surface area (Å²) in [6.45, 7) is 11.9. The number of ether oxygens (including phenoxy) is 2. The molecule has 0 spiro atoms. The lowest BCUT2D eigenvalue weighted by atomic mass is 9.80. The van der Waals surface area contributed by atoms with Gasteiger partial charge in [-0.3, -0.25) is 0 Å². The SMILES string of the molecule is COc1cc(C)cc2c(-c3c(O)cc(O)c4c3C[C@H](C)N[C@@H]4C)cc(-c3cc(-c4c(O)cc(O)c5c4C[C@H](C)N[C@@H]5C)c4cc(C)cc(OC)c4c3O)c(O)c12. The van der Waals surface area contributed by atoms with Crippen LogP contribution in [0.4, 0.5) is 0 Å². The predicted molar refractivity (Wildman–Crippen MR) is 220 cm³/mol. The molecule has 290 valence electrons. The number of phenolic OH excluding ortho intramolecular Hbond substituents is 6. The van der Waals surface area contributed by atoms with Gasteiger partial charge >= 0.3 is 0 Å². The van der Waals surface area contributed by atoms with E-state index < -0.39 is 0 Å². The Bertz CT molecular complexity index is 2450. The molecule has 2 heterocycles. The van der Waals surface area contributed by atoms with Gasteiger partial charge in [0.05, 0.1) is 25.0 Å². The van der Waals surface area contributed by atoms with Crippen molar-refractivity contribution in [3.8, 4) is 79.4 Å². The van der Waals surface area contributed by atoms with Crippen LogP contribution in [0.25, 0.3) is 54.9 Å². The molecule has 10 heteroatoms. The quantitative estimate of drug-likeness (QED) is 0.0852. The molecule has 56 heavy (non-hydrogen) atoms. The van der Waals surface area contributed by atoms with Crippen molar-refractivity contribution in [1.82, 2.24) is 10.6 Å². The van der Waals surface area contributed by atoms with E-state index in [4.69, 9.17) is 9.47 Å². The normalized spacial score (nSPS) is 19.2. The minimum atomic E-state index is -0.209. The van der Waals surface area contributed by atoms with E-state index in [-0.39, 0.29) is 69.8 Å². The van der Waals surface area contributed by atoms with Crippen molar-refractivity contribution in [3.63, 3.8) is 0 Å². The topological polar surface area (TPSA) is 164 Å². The minimum Gasteiger partial charge on any atom is -0.507 e. The molecular formula is C46H48N2O8. The van der Waals surface area contributed by atoms with Crippen molar-refractivity contribution in [2.45, 2.75) is 78.6 Å². The summed E-state index contributed by atoms with van der Waals surface area (Å²) >= 11 is 0. The van der Waals surface area contributed by atoms with Crippen LogP contribution in [-0.2, 0) is 12.8 Å². The fourth-order valence-electron chi connectivity index (χ4n) is 9.60. The van der Waals surface area contributed by atoms with Crippen LogP contribution in [0.1, 0.15) is 73.2 Å². The summed E-state index contributed by atoms with van der Waals surface area (Å²) in [7, 11) is 3.06. The molecule has 6 aromatic rings. The lowest BCUT2D eigenvalue weighted by Crippen LogP contribution is -2.36. The minimum absolute atomic E-state index is 0.0136.